The Hall–Kier alpha value is -15.2. The number of nitrogens with zero attached hydrogens (tertiary/aromatic N) is 6. The van der Waals surface area contributed by atoms with Gasteiger partial charge in [0, 0.05) is 108 Å². The van der Waals surface area contributed by atoms with Gasteiger partial charge in [0.1, 0.15) is 0 Å². The quantitative estimate of drug-likeness (QED) is 0.0669. The van der Waals surface area contributed by atoms with E-state index in [1.54, 1.807) is 0 Å². The minimum atomic E-state index is -0.903. The van der Waals surface area contributed by atoms with Crippen LogP contribution in [-0.4, -0.2) is 0 Å². The molecule has 1 fully saturated rings. The first-order chi connectivity index (χ1) is 61.7. The van der Waals surface area contributed by atoms with Crippen molar-refractivity contribution in [3.63, 3.8) is 0 Å². The van der Waals surface area contributed by atoms with Crippen LogP contribution in [0.25, 0.3) is 22.3 Å². The number of fused-ring (bicyclic) bond motifs is 10. The average molecular weight is 1610 g/mol. The van der Waals surface area contributed by atoms with Crippen molar-refractivity contribution < 1.29 is 0 Å². The van der Waals surface area contributed by atoms with Gasteiger partial charge in [-0.05, 0) is 325 Å². The Bertz CT molecular complexity index is 6400. The third-order valence-corrected chi connectivity index (χ3v) is 26.1. The van der Waals surface area contributed by atoms with Crippen molar-refractivity contribution in [2.24, 2.45) is 0 Å². The van der Waals surface area contributed by atoms with Crippen LogP contribution in [0.4, 0.5) is 102 Å². The summed E-state index contributed by atoms with van der Waals surface area (Å²) in [6.45, 7) is 6.48. The van der Waals surface area contributed by atoms with Crippen LogP contribution in [0.2, 0.25) is 0 Å². The summed E-state index contributed by atoms with van der Waals surface area (Å²) in [6.07, 6.45) is 6.60. The highest BCUT2D eigenvalue weighted by atomic mass is 15.2. The van der Waals surface area contributed by atoms with E-state index < -0.39 is 5.41 Å². The molecular weight excluding hydrogens is 1510 g/mol. The van der Waals surface area contributed by atoms with Crippen LogP contribution in [0, 0.1) is 20.8 Å². The molecule has 3 aliphatic carbocycles. The molecule has 125 heavy (non-hydrogen) atoms. The second-order valence-electron chi connectivity index (χ2n) is 33.8. The largest absolute Gasteiger partial charge is 0.311 e. The van der Waals surface area contributed by atoms with Gasteiger partial charge in [0.25, 0.3) is 0 Å². The van der Waals surface area contributed by atoms with Crippen LogP contribution in [-0.2, 0) is 17.3 Å². The predicted molar refractivity (Wildman–Crippen MR) is 525 cm³/mol. The molecule has 0 heterocycles. The molecule has 21 rings (SSSR count). The summed E-state index contributed by atoms with van der Waals surface area (Å²) in [5.74, 6) is 0. The van der Waals surface area contributed by atoms with Gasteiger partial charge in [-0.2, -0.15) is 0 Å². The first-order valence-electron chi connectivity index (χ1n) is 44.0. The lowest BCUT2D eigenvalue weighted by atomic mass is 9.65. The van der Waals surface area contributed by atoms with E-state index in [-0.39, 0.29) is 5.41 Å². The second kappa shape index (κ2) is 33.3. The molecule has 0 aliphatic heterocycles. The van der Waals surface area contributed by atoms with E-state index in [2.05, 4.69) is 505 Å². The lowest BCUT2D eigenvalue weighted by Crippen LogP contribution is -2.30. The van der Waals surface area contributed by atoms with Crippen molar-refractivity contribution >= 4 is 102 Å². The fourth-order valence-electron chi connectivity index (χ4n) is 20.1. The first-order valence-corrected chi connectivity index (χ1v) is 44.0. The standard InChI is InChI=1S/C119H96N6/c1-85-45-57-99(58-46-85)120(100-59-47-86(2)48-60-100)103-65-53-90(54-66-103)118(77-26-11-27-78-118)91-55-67-104(68-56-91)121(101-61-49-87(3)50-62-101)102-63-51-88(52-64-102)79-89-29-28-44-105(80-89)125(98-42-24-10-25-43-98)109-72-76-113-112-75-71-108(124(96-38-20-8-21-39-96)97-40-22-9-23-41-97)83-116(112)119(117(113)84-109)114-81-106(122(92-30-12-4-13-31-92)93-32-14-5-15-33-93)69-73-110(114)111-74-70-107(82-115(111)119)123(94-34-16-6-17-35-94)95-36-18-7-19-37-95/h4-10,12-25,28-76,80-84H,11,26-27,77-79H2,1-3H3. The summed E-state index contributed by atoms with van der Waals surface area (Å²) >= 11 is 0. The van der Waals surface area contributed by atoms with E-state index in [9.17, 15) is 0 Å². The highest BCUT2D eigenvalue weighted by Gasteiger charge is 2.53. The Morgan fingerprint density at radius 3 is 0.680 bits per heavy atom. The van der Waals surface area contributed by atoms with E-state index in [1.807, 2.05) is 0 Å². The topological polar surface area (TPSA) is 19.4 Å². The highest BCUT2D eigenvalue weighted by Crippen LogP contribution is 2.66. The van der Waals surface area contributed by atoms with Gasteiger partial charge in [-0.1, -0.05) is 273 Å². The van der Waals surface area contributed by atoms with Crippen molar-refractivity contribution in [1.29, 1.82) is 0 Å². The monoisotopic (exact) mass is 1610 g/mol. The smallest absolute Gasteiger partial charge is 0.0728 e. The molecule has 0 bridgehead atoms. The van der Waals surface area contributed by atoms with Crippen LogP contribution in [0.1, 0.15) is 93.3 Å². The minimum Gasteiger partial charge on any atom is -0.311 e. The maximum Gasteiger partial charge on any atom is 0.0728 e. The Kier molecular flexibility index (Phi) is 20.5. The van der Waals surface area contributed by atoms with Crippen LogP contribution < -0.4 is 29.4 Å². The fourth-order valence-corrected chi connectivity index (χ4v) is 20.1. The van der Waals surface area contributed by atoms with Crippen molar-refractivity contribution in [2.45, 2.75) is 70.1 Å². The molecule has 18 aromatic carbocycles. The normalized spacial score (nSPS) is 13.1. The molecule has 0 aromatic heterocycles. The average Bonchev–Trinajstić information content (AvgIpc) is 1.50. The molecule has 18 aromatic rings. The van der Waals surface area contributed by atoms with Gasteiger partial charge in [-0.25, -0.2) is 0 Å². The van der Waals surface area contributed by atoms with Crippen LogP contribution in [0.5, 0.6) is 0 Å². The number of rotatable bonds is 22. The maximum absolute atomic E-state index is 2.55. The van der Waals surface area contributed by atoms with Crippen LogP contribution >= 0.6 is 0 Å². The van der Waals surface area contributed by atoms with Gasteiger partial charge in [0.05, 0.1) is 5.41 Å². The molecule has 1 saturated carbocycles. The number of aryl methyl sites for hydroxylation is 3. The molecule has 6 nitrogen and oxygen atoms in total. The van der Waals surface area contributed by atoms with E-state index in [1.165, 1.54) is 103 Å². The molecular formula is C119H96N6. The Morgan fingerprint density at radius 2 is 0.400 bits per heavy atom. The molecule has 6 heteroatoms. The molecule has 0 atom stereocenters. The van der Waals surface area contributed by atoms with E-state index >= 15 is 0 Å². The number of anilines is 18. The SMILES string of the molecule is Cc1ccc(N(c2ccc(C)cc2)c2ccc(C3(c4ccc(N(c5ccc(C)cc5)c5ccc(Cc6cccc(N(c7ccccc7)c7ccc8c(c7)C7(c9cc(N(c%10ccccc%10)c%10ccccc%10)ccc9-c9ccc(N(c%10ccccc%10)c%10ccccc%10)cc97)c7cc(N(c9ccccc9)c9ccccc9)ccc7-8)c6)cc5)cc4)CCCCC3)cc2)cc1. The summed E-state index contributed by atoms with van der Waals surface area (Å²) < 4.78 is 0. The van der Waals surface area contributed by atoms with Gasteiger partial charge in [-0.3, -0.25) is 0 Å². The van der Waals surface area contributed by atoms with Gasteiger partial charge in [0.2, 0.25) is 0 Å². The highest BCUT2D eigenvalue weighted by molar-refractivity contribution is 6.00. The van der Waals surface area contributed by atoms with Gasteiger partial charge in [0.15, 0.2) is 0 Å². The van der Waals surface area contributed by atoms with Gasteiger partial charge in [-0.15, -0.1) is 0 Å². The summed E-state index contributed by atoms with van der Waals surface area (Å²) in [5, 5.41) is 0. The molecule has 0 unspecified atom stereocenters. The van der Waals surface area contributed by atoms with Crippen molar-refractivity contribution in [1.82, 2.24) is 0 Å². The van der Waals surface area contributed by atoms with E-state index in [4.69, 9.17) is 0 Å². The summed E-state index contributed by atoms with van der Waals surface area (Å²) in [7, 11) is 0. The third kappa shape index (κ3) is 14.5. The fraction of sp³-hybridized carbons (Fsp3) is 0.0924. The summed E-state index contributed by atoms with van der Waals surface area (Å²) in [4.78, 5) is 14.6. The molecule has 0 amide bonds. The Balaban J connectivity index is 0.672. The van der Waals surface area contributed by atoms with Crippen molar-refractivity contribution in [3.05, 3.63) is 516 Å². The third-order valence-electron chi connectivity index (χ3n) is 26.1. The van der Waals surface area contributed by atoms with Crippen LogP contribution in [0.15, 0.2) is 455 Å². The van der Waals surface area contributed by atoms with Crippen LogP contribution in [0.3, 0.4) is 0 Å². The lowest BCUT2D eigenvalue weighted by molar-refractivity contribution is 0.346. The number of para-hydroxylation sites is 7. The number of hydrogen-bond acceptors (Lipinski definition) is 6. The molecule has 1 spiro atoms. The molecule has 602 valence electrons. The molecule has 0 saturated heterocycles. The molecule has 3 aliphatic rings. The van der Waals surface area contributed by atoms with Gasteiger partial charge < -0.3 is 29.4 Å². The molecule has 0 radical (unpaired) electrons. The second-order valence-corrected chi connectivity index (χ2v) is 33.8. The van der Waals surface area contributed by atoms with E-state index in [0.717, 1.165) is 122 Å². The zero-order valence-corrected chi connectivity index (χ0v) is 70.7. The lowest BCUT2D eigenvalue weighted by Gasteiger charge is -2.39. The van der Waals surface area contributed by atoms with Gasteiger partial charge >= 0.3 is 0 Å². The predicted octanol–water partition coefficient (Wildman–Crippen LogP) is 32.6. The van der Waals surface area contributed by atoms with Crippen molar-refractivity contribution in [3.8, 4) is 22.3 Å². The zero-order valence-electron chi connectivity index (χ0n) is 70.7. The molecule has 0 N–H and O–H groups in total. The Labute approximate surface area is 735 Å². The number of hydrogen-bond donors (Lipinski definition) is 0. The van der Waals surface area contributed by atoms with Crippen molar-refractivity contribution in [2.75, 3.05) is 29.4 Å². The van der Waals surface area contributed by atoms with E-state index in [0.29, 0.717) is 0 Å². The maximum atomic E-state index is 2.55. The minimum absolute atomic E-state index is 0.104. The first kappa shape index (κ1) is 77.1. The summed E-state index contributed by atoms with van der Waals surface area (Å²) in [6, 6.07) is 170. The zero-order chi connectivity index (χ0) is 83.8. The summed E-state index contributed by atoms with van der Waals surface area (Å²) in [5.41, 5.74) is 37.2. The number of benzene rings is 18. The Morgan fingerprint density at radius 1 is 0.184 bits per heavy atom.